The Morgan fingerprint density at radius 1 is 0.941 bits per heavy atom. The van der Waals surface area contributed by atoms with Gasteiger partial charge in [-0.15, -0.1) is 0 Å². The lowest BCUT2D eigenvalue weighted by Crippen LogP contribution is -1.89. The van der Waals surface area contributed by atoms with Crippen molar-refractivity contribution < 1.29 is 0 Å². The van der Waals surface area contributed by atoms with Crippen LogP contribution in [0, 0.1) is 0 Å². The lowest BCUT2D eigenvalue weighted by atomic mass is 10.1. The Morgan fingerprint density at radius 2 is 1.76 bits per heavy atom. The molecule has 1 aromatic carbocycles. The third-order valence-corrected chi connectivity index (χ3v) is 2.81. The maximum absolute atomic E-state index is 5.87. The topological polar surface area (TPSA) is 38.7 Å². The molecule has 0 N–H and O–H groups in total. The maximum Gasteiger partial charge on any atom is 0.116 e. The molecule has 2 heterocycles. The molecule has 0 fully saturated rings. The van der Waals surface area contributed by atoms with Crippen molar-refractivity contribution in [2.24, 2.45) is 0 Å². The van der Waals surface area contributed by atoms with Crippen LogP contribution in [0.1, 0.15) is 0 Å². The summed E-state index contributed by atoms with van der Waals surface area (Å²) in [4.78, 5) is 12.6. The van der Waals surface area contributed by atoms with Gasteiger partial charge in [-0.1, -0.05) is 23.7 Å². The molecule has 82 valence electrons. The van der Waals surface area contributed by atoms with Gasteiger partial charge in [-0.2, -0.15) is 0 Å². The molecule has 3 aromatic rings. The lowest BCUT2D eigenvalue weighted by Gasteiger charge is -2.04. The monoisotopic (exact) mass is 241 g/mol. The highest BCUT2D eigenvalue weighted by Gasteiger charge is 2.05. The minimum atomic E-state index is 0.716. The van der Waals surface area contributed by atoms with E-state index in [2.05, 4.69) is 15.0 Å². The van der Waals surface area contributed by atoms with E-state index in [-0.39, 0.29) is 0 Å². The highest BCUT2D eigenvalue weighted by molar-refractivity contribution is 6.30. The second-order valence-corrected chi connectivity index (χ2v) is 4.06. The number of nitrogens with zero attached hydrogens (tertiary/aromatic N) is 3. The van der Waals surface area contributed by atoms with Gasteiger partial charge in [0.15, 0.2) is 0 Å². The molecule has 0 radical (unpaired) electrons. The van der Waals surface area contributed by atoms with Crippen LogP contribution < -0.4 is 0 Å². The largest absolute Gasteiger partial charge is 0.262 e. The first kappa shape index (κ1) is 10.2. The Labute approximate surface area is 103 Å². The predicted molar refractivity (Wildman–Crippen MR) is 67.8 cm³/mol. The van der Waals surface area contributed by atoms with Crippen molar-refractivity contribution in [3.63, 3.8) is 0 Å². The fraction of sp³-hybridized carbons (Fsp3) is 0. The zero-order chi connectivity index (χ0) is 11.7. The van der Waals surface area contributed by atoms with Gasteiger partial charge in [-0.25, -0.2) is 9.97 Å². The van der Waals surface area contributed by atoms with Crippen LogP contribution in [0.5, 0.6) is 0 Å². The second kappa shape index (κ2) is 4.11. The summed E-state index contributed by atoms with van der Waals surface area (Å²) in [6.07, 6.45) is 5.02. The van der Waals surface area contributed by atoms with E-state index in [9.17, 15) is 0 Å². The van der Waals surface area contributed by atoms with Crippen LogP contribution in [0.15, 0.2) is 49.1 Å². The SMILES string of the molecule is Clc1ccc(-c2ncnc3cnccc23)cc1. The van der Waals surface area contributed by atoms with E-state index in [1.807, 2.05) is 30.3 Å². The van der Waals surface area contributed by atoms with Crippen molar-refractivity contribution in [1.82, 2.24) is 15.0 Å². The fourth-order valence-corrected chi connectivity index (χ4v) is 1.87. The van der Waals surface area contributed by atoms with Gasteiger partial charge in [-0.3, -0.25) is 4.98 Å². The van der Waals surface area contributed by atoms with E-state index in [0.717, 1.165) is 22.2 Å². The van der Waals surface area contributed by atoms with Crippen molar-refractivity contribution >= 4 is 22.5 Å². The van der Waals surface area contributed by atoms with Gasteiger partial charge in [0.1, 0.15) is 6.33 Å². The molecule has 0 bridgehead atoms. The molecule has 0 amide bonds. The Balaban J connectivity index is 2.27. The van der Waals surface area contributed by atoms with Gasteiger partial charge >= 0.3 is 0 Å². The van der Waals surface area contributed by atoms with Crippen molar-refractivity contribution in [3.8, 4) is 11.3 Å². The highest BCUT2D eigenvalue weighted by Crippen LogP contribution is 2.25. The van der Waals surface area contributed by atoms with Crippen molar-refractivity contribution in [2.75, 3.05) is 0 Å². The van der Waals surface area contributed by atoms with E-state index in [1.165, 1.54) is 0 Å². The van der Waals surface area contributed by atoms with Crippen LogP contribution in [0.25, 0.3) is 22.2 Å². The molecule has 0 saturated heterocycles. The van der Waals surface area contributed by atoms with Crippen LogP contribution in [0.3, 0.4) is 0 Å². The quantitative estimate of drug-likeness (QED) is 0.656. The minimum Gasteiger partial charge on any atom is -0.262 e. The molecule has 2 aromatic heterocycles. The Bertz CT molecular complexity index is 660. The average molecular weight is 242 g/mol. The van der Waals surface area contributed by atoms with Crippen molar-refractivity contribution in [2.45, 2.75) is 0 Å². The second-order valence-electron chi connectivity index (χ2n) is 3.62. The maximum atomic E-state index is 5.87. The lowest BCUT2D eigenvalue weighted by molar-refractivity contribution is 1.21. The first-order valence-corrected chi connectivity index (χ1v) is 5.53. The van der Waals surface area contributed by atoms with Gasteiger partial charge in [0.2, 0.25) is 0 Å². The molecule has 0 aliphatic carbocycles. The van der Waals surface area contributed by atoms with Gasteiger partial charge in [0.25, 0.3) is 0 Å². The van der Waals surface area contributed by atoms with E-state index in [0.29, 0.717) is 5.02 Å². The number of fused-ring (bicyclic) bond motifs is 1. The minimum absolute atomic E-state index is 0.716. The number of hydrogen-bond acceptors (Lipinski definition) is 3. The smallest absolute Gasteiger partial charge is 0.116 e. The van der Waals surface area contributed by atoms with Crippen LogP contribution in [0.2, 0.25) is 5.02 Å². The van der Waals surface area contributed by atoms with Gasteiger partial charge in [-0.05, 0) is 18.2 Å². The summed E-state index contributed by atoms with van der Waals surface area (Å²) in [6, 6.07) is 9.52. The van der Waals surface area contributed by atoms with E-state index < -0.39 is 0 Å². The summed E-state index contributed by atoms with van der Waals surface area (Å²) < 4.78 is 0. The first-order valence-electron chi connectivity index (χ1n) is 5.15. The molecule has 3 rings (SSSR count). The van der Waals surface area contributed by atoms with E-state index in [1.54, 1.807) is 18.7 Å². The molecule has 0 unspecified atom stereocenters. The average Bonchev–Trinajstić information content (AvgIpc) is 2.39. The standard InChI is InChI=1S/C13H8ClN3/c14-10-3-1-9(2-4-10)13-11-5-6-15-7-12(11)16-8-17-13/h1-8H. The number of halogens is 1. The summed E-state index contributed by atoms with van der Waals surface area (Å²) in [5.41, 5.74) is 2.76. The number of pyridine rings is 1. The normalized spacial score (nSPS) is 10.6. The molecular formula is C13H8ClN3. The van der Waals surface area contributed by atoms with E-state index in [4.69, 9.17) is 11.6 Å². The summed E-state index contributed by atoms with van der Waals surface area (Å²) in [6.45, 7) is 0. The Kier molecular flexibility index (Phi) is 2.46. The van der Waals surface area contributed by atoms with Crippen molar-refractivity contribution in [1.29, 1.82) is 0 Å². The third kappa shape index (κ3) is 1.85. The summed E-state index contributed by atoms with van der Waals surface area (Å²) in [7, 11) is 0. The molecule has 17 heavy (non-hydrogen) atoms. The molecule has 3 nitrogen and oxygen atoms in total. The molecule has 0 saturated carbocycles. The third-order valence-electron chi connectivity index (χ3n) is 2.56. The summed E-state index contributed by atoms with van der Waals surface area (Å²) in [5.74, 6) is 0. The molecular weight excluding hydrogens is 234 g/mol. The van der Waals surface area contributed by atoms with Crippen LogP contribution in [-0.2, 0) is 0 Å². The molecule has 0 aliphatic heterocycles. The Morgan fingerprint density at radius 3 is 2.59 bits per heavy atom. The summed E-state index contributed by atoms with van der Waals surface area (Å²) >= 11 is 5.87. The molecule has 0 aliphatic rings. The van der Waals surface area contributed by atoms with Crippen molar-refractivity contribution in [3.05, 3.63) is 54.1 Å². The highest BCUT2D eigenvalue weighted by atomic mass is 35.5. The van der Waals surface area contributed by atoms with Gasteiger partial charge in [0, 0.05) is 22.2 Å². The summed E-state index contributed by atoms with van der Waals surface area (Å²) in [5, 5.41) is 1.71. The van der Waals surface area contributed by atoms with Gasteiger partial charge in [0.05, 0.1) is 17.4 Å². The Hall–Kier alpha value is -2.00. The zero-order valence-electron chi connectivity index (χ0n) is 8.84. The molecule has 4 heteroatoms. The zero-order valence-corrected chi connectivity index (χ0v) is 9.59. The number of hydrogen-bond donors (Lipinski definition) is 0. The predicted octanol–water partition coefficient (Wildman–Crippen LogP) is 3.35. The van der Waals surface area contributed by atoms with Crippen LogP contribution in [-0.4, -0.2) is 15.0 Å². The number of benzene rings is 1. The fourth-order valence-electron chi connectivity index (χ4n) is 1.75. The van der Waals surface area contributed by atoms with Crippen LogP contribution in [0.4, 0.5) is 0 Å². The number of rotatable bonds is 1. The first-order chi connectivity index (χ1) is 8.34. The van der Waals surface area contributed by atoms with Gasteiger partial charge < -0.3 is 0 Å². The van der Waals surface area contributed by atoms with Crippen LogP contribution >= 0.6 is 11.6 Å². The molecule has 0 spiro atoms. The number of aromatic nitrogens is 3. The van der Waals surface area contributed by atoms with E-state index >= 15 is 0 Å². The molecule has 0 atom stereocenters.